The monoisotopic (exact) mass is 194 g/mol. The zero-order valence-electron chi connectivity index (χ0n) is 8.45. The fraction of sp³-hybridized carbons (Fsp3) is 0.667. The second-order valence-corrected chi connectivity index (χ2v) is 4.23. The highest BCUT2D eigenvalue weighted by Crippen LogP contribution is 2.28. The molecule has 2 atom stereocenters. The average Bonchev–Trinajstić information content (AvgIpc) is 2.87. The van der Waals surface area contributed by atoms with Crippen LogP contribution in [0, 0.1) is 0 Å². The van der Waals surface area contributed by atoms with Crippen LogP contribution < -0.4 is 0 Å². The first-order valence-electron chi connectivity index (χ1n) is 5.53. The Balaban J connectivity index is 1.99. The van der Waals surface area contributed by atoms with E-state index in [1.807, 2.05) is 0 Å². The summed E-state index contributed by atoms with van der Waals surface area (Å²) < 4.78 is 0. The Hall–Kier alpha value is -0.600. The first-order valence-corrected chi connectivity index (χ1v) is 5.53. The van der Waals surface area contributed by atoms with Crippen LogP contribution in [0.4, 0.5) is 0 Å². The molecular formula is C12H18O2. The van der Waals surface area contributed by atoms with E-state index in [2.05, 4.69) is 12.2 Å². The Morgan fingerprint density at radius 1 is 0.857 bits per heavy atom. The molecule has 0 radical (unpaired) electrons. The molecule has 0 amide bonds. The van der Waals surface area contributed by atoms with Crippen molar-refractivity contribution in [1.29, 1.82) is 0 Å². The first kappa shape index (κ1) is 9.94. The molecule has 2 aliphatic rings. The van der Waals surface area contributed by atoms with Gasteiger partial charge in [0.25, 0.3) is 0 Å². The van der Waals surface area contributed by atoms with Crippen molar-refractivity contribution in [3.05, 3.63) is 23.3 Å². The molecule has 0 aromatic heterocycles. The molecule has 2 nitrogen and oxygen atoms in total. The van der Waals surface area contributed by atoms with E-state index in [1.165, 1.54) is 0 Å². The smallest absolute Gasteiger partial charge is 0.105 e. The van der Waals surface area contributed by atoms with Crippen LogP contribution >= 0.6 is 0 Å². The van der Waals surface area contributed by atoms with Gasteiger partial charge in [-0.15, -0.1) is 0 Å². The van der Waals surface area contributed by atoms with Crippen molar-refractivity contribution in [1.82, 2.24) is 0 Å². The highest BCUT2D eigenvalue weighted by Gasteiger charge is 2.26. The maximum atomic E-state index is 9.92. The van der Waals surface area contributed by atoms with Gasteiger partial charge in [0, 0.05) is 0 Å². The van der Waals surface area contributed by atoms with E-state index in [0.717, 1.165) is 49.7 Å². The van der Waals surface area contributed by atoms with Gasteiger partial charge in [0.15, 0.2) is 0 Å². The predicted molar refractivity (Wildman–Crippen MR) is 55.9 cm³/mol. The van der Waals surface area contributed by atoms with Crippen LogP contribution in [0.3, 0.4) is 0 Å². The fourth-order valence-electron chi connectivity index (χ4n) is 2.33. The number of hydrogen-bond acceptors (Lipinski definition) is 2. The van der Waals surface area contributed by atoms with Crippen molar-refractivity contribution >= 4 is 0 Å². The fourth-order valence-corrected chi connectivity index (χ4v) is 2.33. The van der Waals surface area contributed by atoms with Crippen LogP contribution in [0.15, 0.2) is 23.3 Å². The maximum absolute atomic E-state index is 9.92. The van der Waals surface area contributed by atoms with Gasteiger partial charge in [0.05, 0.1) is 0 Å². The lowest BCUT2D eigenvalue weighted by atomic mass is 9.97. The molecule has 0 heterocycles. The van der Waals surface area contributed by atoms with Gasteiger partial charge in [0.2, 0.25) is 0 Å². The van der Waals surface area contributed by atoms with Gasteiger partial charge in [0.1, 0.15) is 12.2 Å². The van der Waals surface area contributed by atoms with Crippen molar-refractivity contribution in [2.75, 3.05) is 0 Å². The second-order valence-electron chi connectivity index (χ2n) is 4.23. The lowest BCUT2D eigenvalue weighted by Gasteiger charge is -2.20. The Labute approximate surface area is 85.0 Å². The first-order chi connectivity index (χ1) is 6.79. The minimum atomic E-state index is -0.651. The summed E-state index contributed by atoms with van der Waals surface area (Å²) in [5, 5.41) is 19.8. The summed E-state index contributed by atoms with van der Waals surface area (Å²) in [6, 6.07) is 0. The molecule has 0 fully saturated rings. The summed E-state index contributed by atoms with van der Waals surface area (Å²) in [4.78, 5) is 0. The van der Waals surface area contributed by atoms with E-state index in [4.69, 9.17) is 0 Å². The normalized spacial score (nSPS) is 25.9. The van der Waals surface area contributed by atoms with Crippen molar-refractivity contribution in [3.8, 4) is 0 Å². The van der Waals surface area contributed by atoms with Gasteiger partial charge < -0.3 is 10.2 Å². The third-order valence-corrected chi connectivity index (χ3v) is 3.21. The van der Waals surface area contributed by atoms with Crippen molar-refractivity contribution in [3.63, 3.8) is 0 Å². The van der Waals surface area contributed by atoms with Gasteiger partial charge in [-0.2, -0.15) is 0 Å². The largest absolute Gasteiger partial charge is 0.386 e. The van der Waals surface area contributed by atoms with E-state index in [1.54, 1.807) is 0 Å². The molecule has 0 bridgehead atoms. The van der Waals surface area contributed by atoms with E-state index in [0.29, 0.717) is 0 Å². The summed E-state index contributed by atoms with van der Waals surface area (Å²) in [6.07, 6.45) is 9.10. The highest BCUT2D eigenvalue weighted by atomic mass is 16.3. The minimum Gasteiger partial charge on any atom is -0.386 e. The average molecular weight is 194 g/mol. The summed E-state index contributed by atoms with van der Waals surface area (Å²) in [7, 11) is 0. The van der Waals surface area contributed by atoms with Crippen LogP contribution in [0.2, 0.25) is 0 Å². The van der Waals surface area contributed by atoms with Gasteiger partial charge in [-0.3, -0.25) is 0 Å². The van der Waals surface area contributed by atoms with Crippen LogP contribution in [-0.4, -0.2) is 22.4 Å². The molecule has 0 aromatic rings. The third-order valence-electron chi connectivity index (χ3n) is 3.21. The molecule has 2 aliphatic carbocycles. The molecule has 0 aliphatic heterocycles. The lowest BCUT2D eigenvalue weighted by Crippen LogP contribution is -2.28. The molecule has 78 valence electrons. The highest BCUT2D eigenvalue weighted by molar-refractivity contribution is 5.23. The second kappa shape index (κ2) is 4.28. The standard InChI is InChI=1S/C12H18O2/c13-11(9-5-1-2-6-9)12(14)10-7-3-4-8-10/h5,7,11-14H,1-4,6,8H2/t11-,12-/m0/s1. The SMILES string of the molecule is O[C@@H](C1=CCCC1)[C@@H](O)C1=CCCC1. The molecule has 2 N–H and O–H groups in total. The molecule has 0 saturated carbocycles. The van der Waals surface area contributed by atoms with Gasteiger partial charge in [-0.25, -0.2) is 0 Å². The van der Waals surface area contributed by atoms with E-state index in [-0.39, 0.29) is 0 Å². The zero-order chi connectivity index (χ0) is 9.97. The number of aliphatic hydroxyl groups is 2. The summed E-state index contributed by atoms with van der Waals surface area (Å²) >= 11 is 0. The van der Waals surface area contributed by atoms with Crippen LogP contribution in [-0.2, 0) is 0 Å². The number of aliphatic hydroxyl groups excluding tert-OH is 2. The van der Waals surface area contributed by atoms with Crippen LogP contribution in [0.5, 0.6) is 0 Å². The maximum Gasteiger partial charge on any atom is 0.105 e. The van der Waals surface area contributed by atoms with Gasteiger partial charge in [-0.05, 0) is 49.7 Å². The number of hydrogen-bond donors (Lipinski definition) is 2. The molecule has 2 rings (SSSR count). The predicted octanol–water partition coefficient (Wildman–Crippen LogP) is 1.93. The quantitative estimate of drug-likeness (QED) is 0.674. The topological polar surface area (TPSA) is 40.5 Å². The molecule has 2 heteroatoms. The molecule has 0 spiro atoms. The summed E-state index contributed by atoms with van der Waals surface area (Å²) in [5.74, 6) is 0. The van der Waals surface area contributed by atoms with Gasteiger partial charge in [-0.1, -0.05) is 12.2 Å². The zero-order valence-corrected chi connectivity index (χ0v) is 8.45. The van der Waals surface area contributed by atoms with E-state index >= 15 is 0 Å². The summed E-state index contributed by atoms with van der Waals surface area (Å²) in [6.45, 7) is 0. The Morgan fingerprint density at radius 2 is 1.29 bits per heavy atom. The van der Waals surface area contributed by atoms with E-state index in [9.17, 15) is 10.2 Å². The van der Waals surface area contributed by atoms with Crippen LogP contribution in [0.25, 0.3) is 0 Å². The Bertz CT molecular complexity index is 237. The third kappa shape index (κ3) is 1.91. The van der Waals surface area contributed by atoms with E-state index < -0.39 is 12.2 Å². The van der Waals surface area contributed by atoms with Crippen LogP contribution in [0.1, 0.15) is 38.5 Å². The van der Waals surface area contributed by atoms with Crippen molar-refractivity contribution < 1.29 is 10.2 Å². The molecule has 0 aromatic carbocycles. The molecular weight excluding hydrogens is 176 g/mol. The molecule has 14 heavy (non-hydrogen) atoms. The summed E-state index contributed by atoms with van der Waals surface area (Å²) in [5.41, 5.74) is 2.07. The van der Waals surface area contributed by atoms with Crippen molar-refractivity contribution in [2.24, 2.45) is 0 Å². The molecule has 0 saturated heterocycles. The number of allylic oxidation sites excluding steroid dienone is 2. The lowest BCUT2D eigenvalue weighted by molar-refractivity contribution is 0.0629. The number of rotatable bonds is 3. The Kier molecular flexibility index (Phi) is 3.04. The van der Waals surface area contributed by atoms with Gasteiger partial charge >= 0.3 is 0 Å². The molecule has 0 unspecified atom stereocenters. The minimum absolute atomic E-state index is 0.651. The Morgan fingerprint density at radius 3 is 1.57 bits per heavy atom. The van der Waals surface area contributed by atoms with Crippen molar-refractivity contribution in [2.45, 2.75) is 50.7 Å².